The molecule has 0 bridgehead atoms. The third-order valence-corrected chi connectivity index (χ3v) is 13.7. The van der Waals surface area contributed by atoms with E-state index >= 15 is 0 Å². The molecule has 1 fully saturated rings. The van der Waals surface area contributed by atoms with Gasteiger partial charge in [0.05, 0.1) is 42.7 Å². The summed E-state index contributed by atoms with van der Waals surface area (Å²) >= 11 is 0. The number of methoxy groups -OCH3 is 2. The Hall–Kier alpha value is -5.32. The van der Waals surface area contributed by atoms with Crippen LogP contribution in [0.5, 0.6) is 0 Å². The van der Waals surface area contributed by atoms with Gasteiger partial charge < -0.3 is 44.7 Å². The number of carbonyl (C=O) groups is 6. The van der Waals surface area contributed by atoms with Gasteiger partial charge >= 0.3 is 11.9 Å². The second-order valence-electron chi connectivity index (χ2n) is 19.2. The minimum Gasteiger partial charge on any atom is -0.481 e. The SMILES string of the molecule is CC[C@H](C)[C@@H]([C@@H](CC(=O)N1CCC[C@H]1[C@H](OC)[C@@H](C)C(=O)N[C@@H](Cc1c[nH]c2ccccc12)C(=O)OCc1ccccc1)OC)N(C)C(=O)[C@@H](NC(=O)[C@H](C(C)C)N(C)CCCC(=O)O)C(C)C. The molecule has 0 saturated carbocycles. The summed E-state index contributed by atoms with van der Waals surface area (Å²) < 4.78 is 17.9. The highest BCUT2D eigenvalue weighted by atomic mass is 16.5. The van der Waals surface area contributed by atoms with Crippen molar-refractivity contribution in [2.24, 2.45) is 23.7 Å². The molecule has 0 radical (unpaired) electrons. The quantitative estimate of drug-likeness (QED) is 0.0672. The number of ether oxygens (including phenoxy) is 3. The summed E-state index contributed by atoms with van der Waals surface area (Å²) in [6, 6.07) is 13.6. The van der Waals surface area contributed by atoms with Gasteiger partial charge in [0, 0.05) is 57.8 Å². The van der Waals surface area contributed by atoms with E-state index in [0.29, 0.717) is 38.8 Å². The Morgan fingerprint density at radius 2 is 1.56 bits per heavy atom. The zero-order valence-corrected chi connectivity index (χ0v) is 42.2. The molecule has 1 aliphatic heterocycles. The summed E-state index contributed by atoms with van der Waals surface area (Å²) in [4.78, 5) is 90.6. The number of aromatic amines is 1. The zero-order chi connectivity index (χ0) is 50.2. The highest BCUT2D eigenvalue weighted by Crippen LogP contribution is 2.30. The Bertz CT molecular complexity index is 2110. The maximum Gasteiger partial charge on any atom is 0.329 e. The first-order valence-corrected chi connectivity index (χ1v) is 24.2. The lowest BCUT2D eigenvalue weighted by molar-refractivity contribution is -0.151. The van der Waals surface area contributed by atoms with Gasteiger partial charge in [0.15, 0.2) is 0 Å². The molecule has 0 aliphatic carbocycles. The van der Waals surface area contributed by atoms with E-state index in [1.54, 1.807) is 30.8 Å². The molecule has 2 heterocycles. The number of hydrogen-bond acceptors (Lipinski definition) is 10. The van der Waals surface area contributed by atoms with Crippen molar-refractivity contribution in [3.05, 3.63) is 71.9 Å². The Morgan fingerprint density at radius 3 is 2.18 bits per heavy atom. The largest absolute Gasteiger partial charge is 0.481 e. The number of aromatic nitrogens is 1. The van der Waals surface area contributed by atoms with Crippen molar-refractivity contribution in [2.45, 2.75) is 142 Å². The van der Waals surface area contributed by atoms with Crippen molar-refractivity contribution < 1.29 is 48.1 Å². The number of carbonyl (C=O) groups excluding carboxylic acids is 5. The normalized spacial score (nSPS) is 17.6. The van der Waals surface area contributed by atoms with Crippen LogP contribution in [0.2, 0.25) is 0 Å². The summed E-state index contributed by atoms with van der Waals surface area (Å²) in [5, 5.41) is 16.1. The van der Waals surface area contributed by atoms with Gasteiger partial charge in [-0.15, -0.1) is 0 Å². The fourth-order valence-electron chi connectivity index (χ4n) is 9.75. The summed E-state index contributed by atoms with van der Waals surface area (Å²) in [6.07, 6.45) is 2.86. The third kappa shape index (κ3) is 14.6. The molecule has 1 aromatic heterocycles. The van der Waals surface area contributed by atoms with E-state index in [9.17, 15) is 28.8 Å². The monoisotopic (exact) mass is 947 g/mol. The number of carboxylic acids is 1. The molecule has 4 amide bonds. The molecule has 3 aromatic rings. The lowest BCUT2D eigenvalue weighted by Gasteiger charge is -2.41. The van der Waals surface area contributed by atoms with Crippen LogP contribution in [0.15, 0.2) is 60.8 Å². The molecule has 4 rings (SSSR count). The van der Waals surface area contributed by atoms with Gasteiger partial charge in [-0.1, -0.05) is 103 Å². The van der Waals surface area contributed by atoms with Crippen molar-refractivity contribution in [3.8, 4) is 0 Å². The highest BCUT2D eigenvalue weighted by molar-refractivity contribution is 5.91. The van der Waals surface area contributed by atoms with Crippen molar-refractivity contribution in [1.82, 2.24) is 30.3 Å². The summed E-state index contributed by atoms with van der Waals surface area (Å²) in [5.74, 6) is -4.00. The summed E-state index contributed by atoms with van der Waals surface area (Å²) in [7, 11) is 6.53. The third-order valence-electron chi connectivity index (χ3n) is 13.7. The molecular formula is C52H78N6O10. The van der Waals surface area contributed by atoms with Crippen LogP contribution in [0, 0.1) is 23.7 Å². The average molecular weight is 947 g/mol. The molecule has 9 atom stereocenters. The van der Waals surface area contributed by atoms with Crippen LogP contribution in [-0.4, -0.2) is 144 Å². The predicted molar refractivity (Wildman–Crippen MR) is 261 cm³/mol. The molecule has 4 N–H and O–H groups in total. The van der Waals surface area contributed by atoms with Crippen molar-refractivity contribution in [2.75, 3.05) is 41.4 Å². The second-order valence-corrected chi connectivity index (χ2v) is 19.2. The summed E-state index contributed by atoms with van der Waals surface area (Å²) in [6.45, 7) is 14.2. The molecule has 1 aliphatic rings. The van der Waals surface area contributed by atoms with Gasteiger partial charge in [0.25, 0.3) is 0 Å². The first-order chi connectivity index (χ1) is 32.3. The Labute approximate surface area is 403 Å². The van der Waals surface area contributed by atoms with E-state index in [-0.39, 0.29) is 61.3 Å². The van der Waals surface area contributed by atoms with Gasteiger partial charge in [0.2, 0.25) is 23.6 Å². The molecule has 1 saturated heterocycles. The molecule has 0 unspecified atom stereocenters. The van der Waals surface area contributed by atoms with Gasteiger partial charge in [-0.2, -0.15) is 0 Å². The van der Waals surface area contributed by atoms with Gasteiger partial charge in [-0.25, -0.2) is 4.79 Å². The Kier molecular flexibility index (Phi) is 21.5. The van der Waals surface area contributed by atoms with Crippen molar-refractivity contribution >= 4 is 46.5 Å². The maximum absolute atomic E-state index is 14.5. The smallest absolute Gasteiger partial charge is 0.329 e. The number of likely N-dealkylation sites (tertiary alicyclic amines) is 1. The molecule has 376 valence electrons. The Balaban J connectivity index is 1.50. The highest BCUT2D eigenvalue weighted by Gasteiger charge is 2.44. The number of rotatable bonds is 27. The maximum atomic E-state index is 14.5. The number of amides is 4. The van der Waals surface area contributed by atoms with Crippen LogP contribution >= 0.6 is 0 Å². The van der Waals surface area contributed by atoms with Gasteiger partial charge in [0.1, 0.15) is 18.7 Å². The molecule has 68 heavy (non-hydrogen) atoms. The van der Waals surface area contributed by atoms with Crippen LogP contribution in [0.4, 0.5) is 0 Å². The van der Waals surface area contributed by atoms with E-state index in [1.165, 1.54) is 14.2 Å². The number of fused-ring (bicyclic) bond motifs is 1. The molecule has 2 aromatic carbocycles. The number of likely N-dealkylation sites (N-methyl/N-ethyl adjacent to an activating group) is 2. The van der Waals surface area contributed by atoms with Crippen LogP contribution in [0.3, 0.4) is 0 Å². The fraction of sp³-hybridized carbons (Fsp3) is 0.615. The standard InChI is InChI=1S/C52H78N6O10/c1-12-34(6)47(57(9)51(64)45(32(2)3)55-50(63)46(33(4)5)56(8)26-19-25-44(60)61)42(66-10)29-43(59)58-27-18-24-41(58)48(67-11)35(7)49(62)54-40(52(65)68-31-36-20-14-13-15-21-36)28-37-30-53-39-23-17-16-22-38(37)39/h13-17,20-23,30,32-35,40-42,45-48,53H,12,18-19,24-29,31H2,1-11H3,(H,54,62)(H,55,63)(H,60,61)/t34-,35+,40-,41-,42+,45-,46-,47-,48+/m0/s1. The number of nitrogens with one attached hydrogen (secondary N) is 3. The minimum absolute atomic E-state index is 0.0138. The average Bonchev–Trinajstić information content (AvgIpc) is 3.97. The van der Waals surface area contributed by atoms with Crippen LogP contribution in [0.1, 0.15) is 98.1 Å². The lowest BCUT2D eigenvalue weighted by Crippen LogP contribution is -2.60. The number of para-hydroxylation sites is 1. The van der Waals surface area contributed by atoms with E-state index in [4.69, 9.17) is 19.3 Å². The molecular weight excluding hydrogens is 869 g/mol. The Morgan fingerprint density at radius 1 is 0.882 bits per heavy atom. The van der Waals surface area contributed by atoms with Crippen LogP contribution in [0.25, 0.3) is 10.9 Å². The van der Waals surface area contributed by atoms with Crippen LogP contribution in [-0.2, 0) is 56.0 Å². The second kappa shape index (κ2) is 26.4. The molecule has 16 nitrogen and oxygen atoms in total. The first kappa shape index (κ1) is 55.3. The number of carboxylic acid groups (broad SMARTS) is 1. The number of esters is 1. The van der Waals surface area contributed by atoms with E-state index in [2.05, 4.69) is 15.6 Å². The number of hydrogen-bond donors (Lipinski definition) is 4. The van der Waals surface area contributed by atoms with Gasteiger partial charge in [-0.05, 0) is 67.8 Å². The van der Waals surface area contributed by atoms with Crippen molar-refractivity contribution in [1.29, 1.82) is 0 Å². The van der Waals surface area contributed by atoms with Gasteiger partial charge in [-0.3, -0.25) is 28.9 Å². The van der Waals surface area contributed by atoms with E-state index < -0.39 is 66.2 Å². The fourth-order valence-corrected chi connectivity index (χ4v) is 9.75. The van der Waals surface area contributed by atoms with E-state index in [0.717, 1.165) is 22.0 Å². The molecule has 0 spiro atoms. The number of aliphatic carboxylic acids is 1. The number of H-pyrrole nitrogens is 1. The van der Waals surface area contributed by atoms with Crippen LogP contribution < -0.4 is 10.6 Å². The lowest BCUT2D eigenvalue weighted by atomic mass is 9.89. The number of benzene rings is 2. The first-order valence-electron chi connectivity index (χ1n) is 24.2. The predicted octanol–water partition coefficient (Wildman–Crippen LogP) is 5.82. The number of nitrogens with zero attached hydrogens (tertiary/aromatic N) is 3. The van der Waals surface area contributed by atoms with E-state index in [1.807, 2.05) is 107 Å². The zero-order valence-electron chi connectivity index (χ0n) is 42.2. The summed E-state index contributed by atoms with van der Waals surface area (Å²) in [5.41, 5.74) is 2.57. The van der Waals surface area contributed by atoms with Crippen molar-refractivity contribution in [3.63, 3.8) is 0 Å². The minimum atomic E-state index is -1.01. The topological polar surface area (TPSA) is 200 Å². The molecule has 16 heteroatoms.